The minimum absolute atomic E-state index is 0.156. The van der Waals surface area contributed by atoms with E-state index >= 15 is 0 Å². The first-order chi connectivity index (χ1) is 7.72. The average Bonchev–Trinajstić information content (AvgIpc) is 2.30. The van der Waals surface area contributed by atoms with Crippen LogP contribution in [0.3, 0.4) is 0 Å². The van der Waals surface area contributed by atoms with Crippen molar-refractivity contribution in [3.8, 4) is 6.07 Å². The van der Waals surface area contributed by atoms with Crippen molar-refractivity contribution in [1.82, 2.24) is 0 Å². The molecule has 1 aliphatic heterocycles. The van der Waals surface area contributed by atoms with Gasteiger partial charge in [-0.05, 0) is 24.6 Å². The van der Waals surface area contributed by atoms with Crippen LogP contribution in [0.5, 0.6) is 0 Å². The lowest BCUT2D eigenvalue weighted by atomic mass is 10.2. The third-order valence-corrected chi connectivity index (χ3v) is 2.34. The van der Waals surface area contributed by atoms with E-state index in [0.29, 0.717) is 19.6 Å². The van der Waals surface area contributed by atoms with Crippen LogP contribution >= 0.6 is 0 Å². The number of benzene rings is 1. The first-order valence-corrected chi connectivity index (χ1v) is 4.86. The summed E-state index contributed by atoms with van der Waals surface area (Å²) in [5.74, 6) is -0.585. The Bertz CT molecular complexity index is 468. The number of anilines is 1. The quantitative estimate of drug-likeness (QED) is 0.727. The number of hydrogen-bond donors (Lipinski definition) is 0. The molecule has 0 N–H and O–H groups in total. The SMILES string of the molecule is N#Cc1ccc(N2CCCOC2=O)c(F)c1. The van der Waals surface area contributed by atoms with Crippen molar-refractivity contribution in [3.05, 3.63) is 29.6 Å². The van der Waals surface area contributed by atoms with Gasteiger partial charge in [-0.15, -0.1) is 0 Å². The van der Waals surface area contributed by atoms with Crippen LogP contribution in [-0.2, 0) is 4.74 Å². The molecule has 0 atom stereocenters. The van der Waals surface area contributed by atoms with Crippen molar-refractivity contribution in [2.45, 2.75) is 6.42 Å². The summed E-state index contributed by atoms with van der Waals surface area (Å²) in [6, 6.07) is 5.83. The summed E-state index contributed by atoms with van der Waals surface area (Å²) in [5, 5.41) is 8.59. The molecule has 2 rings (SSSR count). The van der Waals surface area contributed by atoms with Crippen molar-refractivity contribution < 1.29 is 13.9 Å². The van der Waals surface area contributed by atoms with E-state index in [2.05, 4.69) is 0 Å². The Balaban J connectivity index is 2.33. The monoisotopic (exact) mass is 220 g/mol. The molecule has 0 aliphatic carbocycles. The van der Waals surface area contributed by atoms with E-state index in [-0.39, 0.29) is 11.3 Å². The van der Waals surface area contributed by atoms with Crippen LogP contribution in [0.1, 0.15) is 12.0 Å². The second-order valence-corrected chi connectivity index (χ2v) is 3.40. The van der Waals surface area contributed by atoms with Crippen LogP contribution < -0.4 is 4.90 Å². The number of nitrogens with zero attached hydrogens (tertiary/aromatic N) is 2. The molecule has 16 heavy (non-hydrogen) atoms. The molecule has 1 aliphatic rings. The van der Waals surface area contributed by atoms with Crippen LogP contribution in [0.4, 0.5) is 14.9 Å². The molecule has 1 aromatic rings. The highest BCUT2D eigenvalue weighted by Gasteiger charge is 2.23. The minimum Gasteiger partial charge on any atom is -0.449 e. The Hall–Kier alpha value is -2.09. The predicted molar refractivity (Wildman–Crippen MR) is 54.4 cm³/mol. The largest absolute Gasteiger partial charge is 0.449 e. The standard InChI is InChI=1S/C11H9FN2O2/c12-9-6-8(7-13)2-3-10(9)14-4-1-5-16-11(14)15/h2-3,6H,1,4-5H2. The van der Waals surface area contributed by atoms with Crippen LogP contribution in [0, 0.1) is 17.1 Å². The van der Waals surface area contributed by atoms with E-state index in [9.17, 15) is 9.18 Å². The molecule has 4 nitrogen and oxygen atoms in total. The van der Waals surface area contributed by atoms with Gasteiger partial charge in [-0.25, -0.2) is 9.18 Å². The number of halogens is 1. The zero-order chi connectivity index (χ0) is 11.5. The molecule has 0 radical (unpaired) electrons. The van der Waals surface area contributed by atoms with Gasteiger partial charge in [0.15, 0.2) is 0 Å². The van der Waals surface area contributed by atoms with Crippen LogP contribution in [0.25, 0.3) is 0 Å². The van der Waals surface area contributed by atoms with Gasteiger partial charge in [-0.1, -0.05) is 0 Å². The van der Waals surface area contributed by atoms with E-state index in [0.717, 1.165) is 6.07 Å². The van der Waals surface area contributed by atoms with Gasteiger partial charge in [0.05, 0.1) is 23.9 Å². The molecule has 0 unspecified atom stereocenters. The smallest absolute Gasteiger partial charge is 0.414 e. The summed E-state index contributed by atoms with van der Waals surface area (Å²) in [7, 11) is 0. The van der Waals surface area contributed by atoms with Gasteiger partial charge in [0, 0.05) is 6.54 Å². The maximum absolute atomic E-state index is 13.6. The Labute approximate surface area is 91.8 Å². The molecule has 1 fully saturated rings. The number of amides is 1. The molecule has 0 bridgehead atoms. The number of cyclic esters (lactones) is 1. The fourth-order valence-corrected chi connectivity index (χ4v) is 1.57. The summed E-state index contributed by atoms with van der Waals surface area (Å²) in [6.45, 7) is 0.800. The maximum atomic E-state index is 13.6. The zero-order valence-electron chi connectivity index (χ0n) is 8.44. The highest BCUT2D eigenvalue weighted by molar-refractivity contribution is 5.88. The number of ether oxygens (including phenoxy) is 1. The summed E-state index contributed by atoms with van der Waals surface area (Å²) < 4.78 is 18.4. The van der Waals surface area contributed by atoms with Gasteiger partial charge in [-0.3, -0.25) is 4.90 Å². The summed E-state index contributed by atoms with van der Waals surface area (Å²) >= 11 is 0. The van der Waals surface area contributed by atoms with Crippen LogP contribution in [-0.4, -0.2) is 19.2 Å². The number of nitriles is 1. The summed E-state index contributed by atoms with van der Waals surface area (Å²) in [6.07, 6.45) is 0.125. The first-order valence-electron chi connectivity index (χ1n) is 4.86. The average molecular weight is 220 g/mol. The Morgan fingerprint density at radius 1 is 1.50 bits per heavy atom. The molecule has 5 heteroatoms. The van der Waals surface area contributed by atoms with E-state index in [1.165, 1.54) is 17.0 Å². The van der Waals surface area contributed by atoms with Gasteiger partial charge >= 0.3 is 6.09 Å². The lowest BCUT2D eigenvalue weighted by molar-refractivity contribution is 0.140. The summed E-state index contributed by atoms with van der Waals surface area (Å²) in [5.41, 5.74) is 0.385. The number of hydrogen-bond acceptors (Lipinski definition) is 3. The highest BCUT2D eigenvalue weighted by atomic mass is 19.1. The first kappa shape index (κ1) is 10.4. The second-order valence-electron chi connectivity index (χ2n) is 3.40. The molecule has 1 saturated heterocycles. The van der Waals surface area contributed by atoms with Gasteiger partial charge in [0.25, 0.3) is 0 Å². The highest BCUT2D eigenvalue weighted by Crippen LogP contribution is 2.23. The van der Waals surface area contributed by atoms with E-state index in [1.54, 1.807) is 0 Å². The van der Waals surface area contributed by atoms with E-state index < -0.39 is 11.9 Å². The van der Waals surface area contributed by atoms with Gasteiger partial charge < -0.3 is 4.74 Å². The Morgan fingerprint density at radius 3 is 2.94 bits per heavy atom. The van der Waals surface area contributed by atoms with E-state index in [4.69, 9.17) is 10.00 Å². The second kappa shape index (κ2) is 4.19. The molecule has 0 saturated carbocycles. The molecule has 1 aromatic carbocycles. The Morgan fingerprint density at radius 2 is 2.31 bits per heavy atom. The molecule has 1 amide bonds. The Kier molecular flexibility index (Phi) is 2.73. The van der Waals surface area contributed by atoms with Crippen LogP contribution in [0.15, 0.2) is 18.2 Å². The minimum atomic E-state index is -0.585. The number of rotatable bonds is 1. The lowest BCUT2D eigenvalue weighted by Gasteiger charge is -2.26. The molecule has 0 spiro atoms. The normalized spacial score (nSPS) is 15.5. The van der Waals surface area contributed by atoms with Crippen molar-refractivity contribution in [2.24, 2.45) is 0 Å². The maximum Gasteiger partial charge on any atom is 0.414 e. The summed E-state index contributed by atoms with van der Waals surface area (Å²) in [4.78, 5) is 12.6. The predicted octanol–water partition coefficient (Wildman–Crippen LogP) is 2.04. The number of carbonyl (C=O) groups excluding carboxylic acids is 1. The third-order valence-electron chi connectivity index (χ3n) is 2.34. The molecule has 82 valence electrons. The van der Waals surface area contributed by atoms with Gasteiger partial charge in [-0.2, -0.15) is 5.26 Å². The lowest BCUT2D eigenvalue weighted by Crippen LogP contribution is -2.38. The third kappa shape index (κ3) is 1.82. The molecule has 1 heterocycles. The molecular weight excluding hydrogens is 211 g/mol. The fraction of sp³-hybridized carbons (Fsp3) is 0.273. The molecule has 0 aromatic heterocycles. The van der Waals surface area contributed by atoms with Gasteiger partial charge in [0.1, 0.15) is 5.82 Å². The van der Waals surface area contributed by atoms with Crippen molar-refractivity contribution in [3.63, 3.8) is 0 Å². The fourth-order valence-electron chi connectivity index (χ4n) is 1.57. The van der Waals surface area contributed by atoms with Crippen molar-refractivity contribution >= 4 is 11.8 Å². The van der Waals surface area contributed by atoms with Crippen LogP contribution in [0.2, 0.25) is 0 Å². The van der Waals surface area contributed by atoms with Crippen molar-refractivity contribution in [2.75, 3.05) is 18.1 Å². The molecular formula is C11H9FN2O2. The topological polar surface area (TPSA) is 53.3 Å². The number of carbonyl (C=O) groups is 1. The van der Waals surface area contributed by atoms with Gasteiger partial charge in [0.2, 0.25) is 0 Å². The van der Waals surface area contributed by atoms with E-state index in [1.807, 2.05) is 6.07 Å². The zero-order valence-corrected chi connectivity index (χ0v) is 8.44. The van der Waals surface area contributed by atoms with Crippen molar-refractivity contribution in [1.29, 1.82) is 5.26 Å².